The van der Waals surface area contributed by atoms with Gasteiger partial charge in [0.05, 0.1) is 0 Å². The van der Waals surface area contributed by atoms with E-state index < -0.39 is 5.91 Å². The van der Waals surface area contributed by atoms with Gasteiger partial charge in [-0.1, -0.05) is 0 Å². The van der Waals surface area contributed by atoms with Crippen LogP contribution in [0.3, 0.4) is 0 Å². The van der Waals surface area contributed by atoms with Gasteiger partial charge in [-0.25, -0.2) is 0 Å². The smallest absolute Gasteiger partial charge is 0.243 e. The summed E-state index contributed by atoms with van der Waals surface area (Å²) in [5.41, 5.74) is 4.69. The second kappa shape index (κ2) is 3.65. The molecule has 0 bridgehead atoms. The van der Waals surface area contributed by atoms with Crippen molar-refractivity contribution < 1.29 is 12.4 Å². The molecule has 0 saturated carbocycles. The third-order valence-electron chi connectivity index (χ3n) is 0.645. The summed E-state index contributed by atoms with van der Waals surface area (Å²) in [5.74, 6) is -0.965. The van der Waals surface area contributed by atoms with Gasteiger partial charge in [-0.15, -0.1) is 0 Å². The molecule has 2 amide bonds. The SMILES string of the molecule is CNC(=O)/C=C/C(N)=O.[HH].[HH]. The van der Waals surface area contributed by atoms with Gasteiger partial charge in [-0.3, -0.25) is 9.59 Å². The Kier molecular flexibility index (Phi) is 3.12. The van der Waals surface area contributed by atoms with Crippen LogP contribution >= 0.6 is 0 Å². The van der Waals surface area contributed by atoms with Gasteiger partial charge in [0.15, 0.2) is 0 Å². The number of rotatable bonds is 2. The lowest BCUT2D eigenvalue weighted by Crippen LogP contribution is -2.15. The number of carbonyl (C=O) groups excluding carboxylic acids is 2. The highest BCUT2D eigenvalue weighted by Crippen LogP contribution is 1.68. The van der Waals surface area contributed by atoms with Crippen LogP contribution in [0.15, 0.2) is 12.2 Å². The first-order chi connectivity index (χ1) is 4.16. The zero-order valence-electron chi connectivity index (χ0n) is 5.05. The van der Waals surface area contributed by atoms with Crippen molar-refractivity contribution >= 4 is 11.8 Å². The summed E-state index contributed by atoms with van der Waals surface area (Å²) in [4.78, 5) is 20.3. The molecule has 0 aliphatic carbocycles. The van der Waals surface area contributed by atoms with Gasteiger partial charge in [0.25, 0.3) is 0 Å². The molecule has 0 aromatic heterocycles. The van der Waals surface area contributed by atoms with Gasteiger partial charge in [0.1, 0.15) is 0 Å². The Bertz CT molecular complexity index is 159. The maximum Gasteiger partial charge on any atom is 0.243 e. The maximum absolute atomic E-state index is 10.3. The van der Waals surface area contributed by atoms with Crippen molar-refractivity contribution in [3.63, 3.8) is 0 Å². The molecular weight excluding hydrogens is 120 g/mol. The topological polar surface area (TPSA) is 72.2 Å². The van der Waals surface area contributed by atoms with E-state index >= 15 is 0 Å². The van der Waals surface area contributed by atoms with Crippen LogP contribution < -0.4 is 11.1 Å². The zero-order valence-corrected chi connectivity index (χ0v) is 5.05. The van der Waals surface area contributed by atoms with E-state index in [9.17, 15) is 9.59 Å². The third kappa shape index (κ3) is 4.53. The van der Waals surface area contributed by atoms with Gasteiger partial charge in [-0.2, -0.15) is 0 Å². The van der Waals surface area contributed by atoms with E-state index in [0.717, 1.165) is 12.2 Å². The van der Waals surface area contributed by atoms with Crippen molar-refractivity contribution in [3.05, 3.63) is 12.2 Å². The van der Waals surface area contributed by atoms with E-state index in [-0.39, 0.29) is 8.76 Å². The molecule has 0 unspecified atom stereocenters. The predicted octanol–water partition coefficient (Wildman–Crippen LogP) is -0.734. The van der Waals surface area contributed by atoms with Crippen LogP contribution in [-0.4, -0.2) is 18.9 Å². The minimum atomic E-state index is -0.626. The Hall–Kier alpha value is -1.32. The Balaban J connectivity index is -0.000000320. The summed E-state index contributed by atoms with van der Waals surface area (Å²) in [5, 5.41) is 2.29. The van der Waals surface area contributed by atoms with E-state index in [1.165, 1.54) is 7.05 Å². The number of primary amides is 1. The first-order valence-corrected chi connectivity index (χ1v) is 2.36. The van der Waals surface area contributed by atoms with Crippen molar-refractivity contribution in [1.29, 1.82) is 0 Å². The molecule has 0 rings (SSSR count). The quantitative estimate of drug-likeness (QED) is 0.486. The highest BCUT2D eigenvalue weighted by molar-refractivity contribution is 5.95. The van der Waals surface area contributed by atoms with Crippen molar-refractivity contribution in [2.24, 2.45) is 5.73 Å². The van der Waals surface area contributed by atoms with Crippen LogP contribution in [0, 0.1) is 0 Å². The minimum absolute atomic E-state index is 0. The fourth-order valence-electron chi connectivity index (χ4n) is 0.241. The molecular formula is C5H12N2O2. The summed E-state index contributed by atoms with van der Waals surface area (Å²) in [7, 11) is 1.47. The Morgan fingerprint density at radius 1 is 1.56 bits per heavy atom. The molecule has 0 heterocycles. The molecule has 0 saturated heterocycles. The summed E-state index contributed by atoms with van der Waals surface area (Å²) in [6.07, 6.45) is 2.07. The third-order valence-corrected chi connectivity index (χ3v) is 0.645. The summed E-state index contributed by atoms with van der Waals surface area (Å²) < 4.78 is 0. The van der Waals surface area contributed by atoms with Gasteiger partial charge < -0.3 is 11.1 Å². The van der Waals surface area contributed by atoms with E-state index in [4.69, 9.17) is 0 Å². The number of amides is 2. The molecule has 3 N–H and O–H groups in total. The normalized spacial score (nSPS) is 9.44. The van der Waals surface area contributed by atoms with Gasteiger partial charge in [-0.05, 0) is 0 Å². The van der Waals surface area contributed by atoms with Gasteiger partial charge in [0, 0.05) is 22.1 Å². The number of likely N-dealkylation sites (N-methyl/N-ethyl adjacent to an activating group) is 1. The van der Waals surface area contributed by atoms with E-state index in [2.05, 4.69) is 11.1 Å². The van der Waals surface area contributed by atoms with Crippen LogP contribution in [-0.2, 0) is 9.59 Å². The molecule has 4 heteroatoms. The number of hydrogen-bond donors (Lipinski definition) is 2. The monoisotopic (exact) mass is 132 g/mol. The van der Waals surface area contributed by atoms with Gasteiger partial charge in [0.2, 0.25) is 11.8 Å². The van der Waals surface area contributed by atoms with Crippen molar-refractivity contribution in [2.75, 3.05) is 7.05 Å². The fraction of sp³-hybridized carbons (Fsp3) is 0.200. The van der Waals surface area contributed by atoms with Crippen molar-refractivity contribution in [2.45, 2.75) is 0 Å². The van der Waals surface area contributed by atoms with Crippen molar-refractivity contribution in [3.8, 4) is 0 Å². The predicted molar refractivity (Wildman–Crippen MR) is 36.6 cm³/mol. The molecule has 0 aromatic carbocycles. The summed E-state index contributed by atoms with van der Waals surface area (Å²) in [6.45, 7) is 0. The zero-order chi connectivity index (χ0) is 7.28. The highest BCUT2D eigenvalue weighted by Gasteiger charge is 1.88. The Morgan fingerprint density at radius 2 is 2.11 bits per heavy atom. The summed E-state index contributed by atoms with van der Waals surface area (Å²) in [6, 6.07) is 0. The average molecular weight is 132 g/mol. The van der Waals surface area contributed by atoms with Crippen LogP contribution in [0.1, 0.15) is 2.85 Å². The fourth-order valence-corrected chi connectivity index (χ4v) is 0.241. The number of carbonyl (C=O) groups is 2. The summed E-state index contributed by atoms with van der Waals surface area (Å²) >= 11 is 0. The molecule has 0 fully saturated rings. The average Bonchev–Trinajstić information content (AvgIpc) is 1.83. The lowest BCUT2D eigenvalue weighted by atomic mass is 10.4. The Morgan fingerprint density at radius 3 is 2.44 bits per heavy atom. The molecule has 0 aliphatic rings. The van der Waals surface area contributed by atoms with Crippen LogP contribution in [0.5, 0.6) is 0 Å². The number of hydrogen-bond acceptors (Lipinski definition) is 2. The van der Waals surface area contributed by atoms with Crippen LogP contribution in [0.4, 0.5) is 0 Å². The number of nitrogens with one attached hydrogen (secondary N) is 1. The minimum Gasteiger partial charge on any atom is -0.366 e. The van der Waals surface area contributed by atoms with Crippen LogP contribution in [0.2, 0.25) is 0 Å². The second-order valence-electron chi connectivity index (χ2n) is 1.35. The molecule has 0 spiro atoms. The molecule has 4 nitrogen and oxygen atoms in total. The van der Waals surface area contributed by atoms with Crippen molar-refractivity contribution in [1.82, 2.24) is 5.32 Å². The van der Waals surface area contributed by atoms with E-state index in [1.807, 2.05) is 0 Å². The van der Waals surface area contributed by atoms with Crippen LogP contribution in [0.25, 0.3) is 0 Å². The molecule has 0 aromatic rings. The first-order valence-electron chi connectivity index (χ1n) is 2.36. The van der Waals surface area contributed by atoms with E-state index in [0.29, 0.717) is 0 Å². The van der Waals surface area contributed by atoms with Gasteiger partial charge >= 0.3 is 0 Å². The van der Waals surface area contributed by atoms with E-state index in [1.54, 1.807) is 0 Å². The maximum atomic E-state index is 10.3. The molecule has 0 radical (unpaired) electrons. The molecule has 54 valence electrons. The standard InChI is InChI=1S/C5H8N2O2.2H2/c1-7-5(9)3-2-4(6)8;;/h2-3H,1H3,(H2,6,8)(H,7,9);2*1H/b3-2+;;. The molecule has 0 atom stereocenters. The molecule has 0 aliphatic heterocycles. The lowest BCUT2D eigenvalue weighted by Gasteiger charge is -1.85. The largest absolute Gasteiger partial charge is 0.366 e. The highest BCUT2D eigenvalue weighted by atomic mass is 16.2. The Labute approximate surface area is 55.7 Å². The second-order valence-corrected chi connectivity index (χ2v) is 1.35. The lowest BCUT2D eigenvalue weighted by molar-refractivity contribution is -0.117. The first kappa shape index (κ1) is 7.68. The molecule has 9 heavy (non-hydrogen) atoms. The number of nitrogens with two attached hydrogens (primary N) is 1.